The minimum atomic E-state index is -0.327. The Kier molecular flexibility index (Phi) is 1.08. The van der Waals surface area contributed by atoms with Gasteiger partial charge < -0.3 is 10.5 Å². The number of fused-ring (bicyclic) bond motifs is 2. The van der Waals surface area contributed by atoms with Crippen LogP contribution in [0.5, 0.6) is 0 Å². The van der Waals surface area contributed by atoms with E-state index in [9.17, 15) is 4.79 Å². The Morgan fingerprint density at radius 2 is 2.50 bits per heavy atom. The standard InChI is InChI=1S/C7H9NO2/c8-7(9)5-3-4-1-2-6(5)10-4/h3-4,6H,1-2H2,(H2,8,9). The van der Waals surface area contributed by atoms with E-state index in [1.165, 1.54) is 0 Å². The van der Waals surface area contributed by atoms with Gasteiger partial charge in [0.25, 0.3) is 0 Å². The van der Waals surface area contributed by atoms with Crippen molar-refractivity contribution in [3.05, 3.63) is 11.6 Å². The van der Waals surface area contributed by atoms with Gasteiger partial charge in [0.15, 0.2) is 0 Å². The fourth-order valence-electron chi connectivity index (χ4n) is 1.56. The maximum absolute atomic E-state index is 10.7. The molecule has 1 fully saturated rings. The first-order chi connectivity index (χ1) is 4.77. The number of hydrogen-bond acceptors (Lipinski definition) is 2. The van der Waals surface area contributed by atoms with E-state index >= 15 is 0 Å². The van der Waals surface area contributed by atoms with Gasteiger partial charge in [0.1, 0.15) is 0 Å². The number of amides is 1. The zero-order valence-electron chi connectivity index (χ0n) is 5.54. The first kappa shape index (κ1) is 5.92. The lowest BCUT2D eigenvalue weighted by Gasteiger charge is -2.04. The maximum atomic E-state index is 10.7. The Bertz CT molecular complexity index is 210. The Balaban J connectivity index is 2.25. The van der Waals surface area contributed by atoms with Crippen molar-refractivity contribution in [2.75, 3.05) is 0 Å². The number of hydrogen-bond donors (Lipinski definition) is 1. The molecule has 0 radical (unpaired) electrons. The van der Waals surface area contributed by atoms with Crippen LogP contribution in [0.2, 0.25) is 0 Å². The quantitative estimate of drug-likeness (QED) is 0.554. The molecule has 2 unspecified atom stereocenters. The van der Waals surface area contributed by atoms with Crippen molar-refractivity contribution in [1.29, 1.82) is 0 Å². The van der Waals surface area contributed by atoms with Crippen LogP contribution in [-0.4, -0.2) is 18.1 Å². The summed E-state index contributed by atoms with van der Waals surface area (Å²) in [5.41, 5.74) is 5.77. The summed E-state index contributed by atoms with van der Waals surface area (Å²) in [6, 6.07) is 0. The van der Waals surface area contributed by atoms with E-state index in [0.717, 1.165) is 12.8 Å². The summed E-state index contributed by atoms with van der Waals surface area (Å²) in [5.74, 6) is -0.327. The SMILES string of the molecule is NC(=O)C1=CC2CCC1O2. The van der Waals surface area contributed by atoms with Crippen LogP contribution < -0.4 is 5.73 Å². The van der Waals surface area contributed by atoms with Crippen LogP contribution in [0.4, 0.5) is 0 Å². The molecule has 2 aliphatic heterocycles. The predicted molar refractivity (Wildman–Crippen MR) is 35.2 cm³/mol. The lowest BCUT2D eigenvalue weighted by Crippen LogP contribution is -2.21. The third kappa shape index (κ3) is 0.671. The highest BCUT2D eigenvalue weighted by Gasteiger charge is 2.35. The molecule has 2 heterocycles. The molecule has 54 valence electrons. The lowest BCUT2D eigenvalue weighted by atomic mass is 9.99. The molecule has 0 aromatic rings. The number of primary amides is 1. The summed E-state index contributed by atoms with van der Waals surface area (Å²) in [5, 5.41) is 0. The molecule has 0 aromatic carbocycles. The van der Waals surface area contributed by atoms with Crippen molar-refractivity contribution in [2.24, 2.45) is 5.73 Å². The van der Waals surface area contributed by atoms with E-state index in [-0.39, 0.29) is 18.1 Å². The van der Waals surface area contributed by atoms with Gasteiger partial charge in [-0.3, -0.25) is 4.79 Å². The molecular formula is C7H9NO2. The molecule has 2 bridgehead atoms. The molecule has 2 aliphatic rings. The summed E-state index contributed by atoms with van der Waals surface area (Å²) < 4.78 is 5.35. The van der Waals surface area contributed by atoms with Gasteiger partial charge in [0, 0.05) is 5.57 Å². The maximum Gasteiger partial charge on any atom is 0.247 e. The molecule has 0 spiro atoms. The number of ether oxygens (including phenoxy) is 1. The van der Waals surface area contributed by atoms with Crippen LogP contribution >= 0.6 is 0 Å². The predicted octanol–water partition coefficient (Wildman–Crippen LogP) is -0.0407. The molecule has 10 heavy (non-hydrogen) atoms. The van der Waals surface area contributed by atoms with Crippen molar-refractivity contribution in [2.45, 2.75) is 25.0 Å². The molecule has 1 amide bonds. The Morgan fingerprint density at radius 3 is 2.80 bits per heavy atom. The highest BCUT2D eigenvalue weighted by Crippen LogP contribution is 2.33. The molecule has 0 saturated carbocycles. The minimum absolute atomic E-state index is 0.0162. The van der Waals surface area contributed by atoms with Gasteiger partial charge in [0.05, 0.1) is 12.2 Å². The van der Waals surface area contributed by atoms with Crippen LogP contribution in [0.25, 0.3) is 0 Å². The Hall–Kier alpha value is -0.830. The molecule has 3 heteroatoms. The smallest absolute Gasteiger partial charge is 0.247 e. The third-order valence-electron chi connectivity index (χ3n) is 2.05. The first-order valence-electron chi connectivity index (χ1n) is 3.44. The molecule has 1 saturated heterocycles. The first-order valence-corrected chi connectivity index (χ1v) is 3.44. The van der Waals surface area contributed by atoms with Crippen molar-refractivity contribution in [1.82, 2.24) is 0 Å². The zero-order valence-corrected chi connectivity index (χ0v) is 5.54. The van der Waals surface area contributed by atoms with Crippen molar-refractivity contribution >= 4 is 5.91 Å². The number of carbonyl (C=O) groups is 1. The van der Waals surface area contributed by atoms with E-state index in [2.05, 4.69) is 0 Å². The molecule has 2 atom stereocenters. The van der Waals surface area contributed by atoms with Crippen molar-refractivity contribution in [3.63, 3.8) is 0 Å². The van der Waals surface area contributed by atoms with E-state index in [1.54, 1.807) is 0 Å². The summed E-state index contributed by atoms with van der Waals surface area (Å²) in [6.45, 7) is 0. The molecule has 0 aliphatic carbocycles. The normalized spacial score (nSPS) is 36.2. The van der Waals surface area contributed by atoms with Gasteiger partial charge >= 0.3 is 0 Å². The molecule has 0 aromatic heterocycles. The molecular weight excluding hydrogens is 130 g/mol. The van der Waals surface area contributed by atoms with E-state index < -0.39 is 0 Å². The number of carbonyl (C=O) groups excluding carboxylic acids is 1. The summed E-state index contributed by atoms with van der Waals surface area (Å²) in [4.78, 5) is 10.7. The molecule has 2 N–H and O–H groups in total. The van der Waals surface area contributed by atoms with E-state index in [1.807, 2.05) is 6.08 Å². The van der Waals surface area contributed by atoms with Gasteiger partial charge in [-0.2, -0.15) is 0 Å². The fourth-order valence-corrected chi connectivity index (χ4v) is 1.56. The number of rotatable bonds is 1. The second kappa shape index (κ2) is 1.83. The fraction of sp³-hybridized carbons (Fsp3) is 0.571. The van der Waals surface area contributed by atoms with Crippen molar-refractivity contribution < 1.29 is 9.53 Å². The van der Waals surface area contributed by atoms with Gasteiger partial charge in [-0.1, -0.05) is 0 Å². The average Bonchev–Trinajstić information content (AvgIpc) is 2.44. The average molecular weight is 139 g/mol. The lowest BCUT2D eigenvalue weighted by molar-refractivity contribution is -0.115. The van der Waals surface area contributed by atoms with Crippen LogP contribution in [0.15, 0.2) is 11.6 Å². The van der Waals surface area contributed by atoms with Crippen LogP contribution in [0.1, 0.15) is 12.8 Å². The second-order valence-corrected chi connectivity index (χ2v) is 2.73. The topological polar surface area (TPSA) is 52.3 Å². The minimum Gasteiger partial charge on any atom is -0.366 e. The molecule has 3 nitrogen and oxygen atoms in total. The van der Waals surface area contributed by atoms with Gasteiger partial charge in [0.2, 0.25) is 5.91 Å². The number of nitrogens with two attached hydrogens (primary N) is 1. The Morgan fingerprint density at radius 1 is 1.70 bits per heavy atom. The summed E-state index contributed by atoms with van der Waals surface area (Å²) >= 11 is 0. The zero-order chi connectivity index (χ0) is 7.14. The second-order valence-electron chi connectivity index (χ2n) is 2.73. The monoisotopic (exact) mass is 139 g/mol. The highest BCUT2D eigenvalue weighted by molar-refractivity contribution is 5.93. The highest BCUT2D eigenvalue weighted by atomic mass is 16.5. The van der Waals surface area contributed by atoms with Gasteiger partial charge in [-0.05, 0) is 18.9 Å². The van der Waals surface area contributed by atoms with Crippen molar-refractivity contribution in [3.8, 4) is 0 Å². The Labute approximate surface area is 58.8 Å². The third-order valence-corrected chi connectivity index (χ3v) is 2.05. The largest absolute Gasteiger partial charge is 0.366 e. The van der Waals surface area contributed by atoms with Crippen LogP contribution in [-0.2, 0) is 9.53 Å². The van der Waals surface area contributed by atoms with E-state index in [4.69, 9.17) is 10.5 Å². The summed E-state index contributed by atoms with van der Waals surface area (Å²) in [7, 11) is 0. The molecule has 2 rings (SSSR count). The summed E-state index contributed by atoms with van der Waals surface area (Å²) in [6.07, 6.45) is 4.03. The van der Waals surface area contributed by atoms with Gasteiger partial charge in [-0.15, -0.1) is 0 Å². The van der Waals surface area contributed by atoms with E-state index in [0.29, 0.717) is 5.57 Å². The van der Waals surface area contributed by atoms with Gasteiger partial charge in [-0.25, -0.2) is 0 Å². The van der Waals surface area contributed by atoms with Crippen LogP contribution in [0.3, 0.4) is 0 Å². The van der Waals surface area contributed by atoms with Crippen LogP contribution in [0, 0.1) is 0 Å².